The summed E-state index contributed by atoms with van der Waals surface area (Å²) in [7, 11) is -3.75. The Morgan fingerprint density at radius 1 is 1.09 bits per heavy atom. The van der Waals surface area contributed by atoms with Crippen LogP contribution in [0, 0.1) is 5.92 Å². The van der Waals surface area contributed by atoms with Gasteiger partial charge >= 0.3 is 0 Å². The van der Waals surface area contributed by atoms with Gasteiger partial charge in [-0.1, -0.05) is 74.9 Å². The molecule has 0 aliphatic heterocycles. The number of nitrogens with zero attached hydrogens (tertiary/aromatic N) is 2. The highest BCUT2D eigenvalue weighted by Crippen LogP contribution is 2.31. The van der Waals surface area contributed by atoms with Gasteiger partial charge in [-0.25, -0.2) is 13.1 Å². The number of aromatic nitrogens is 2. The minimum Gasteiger partial charge on any atom is -0.263 e. The van der Waals surface area contributed by atoms with Gasteiger partial charge in [-0.3, -0.25) is 4.72 Å². The minimum atomic E-state index is -3.75. The molecule has 0 saturated carbocycles. The monoisotopic (exact) mass is 447 g/mol. The van der Waals surface area contributed by atoms with Gasteiger partial charge < -0.3 is 0 Å². The molecule has 2 aromatic carbocycles. The maximum atomic E-state index is 13.2. The van der Waals surface area contributed by atoms with E-state index in [0.29, 0.717) is 5.82 Å². The van der Waals surface area contributed by atoms with E-state index in [-0.39, 0.29) is 10.8 Å². The number of sulfonamides is 1. The highest BCUT2D eigenvalue weighted by Gasteiger charge is 2.22. The number of allylic oxidation sites excluding steroid dienone is 4. The van der Waals surface area contributed by atoms with Crippen LogP contribution in [0.25, 0.3) is 17.0 Å². The smallest absolute Gasteiger partial charge is 0.263 e. The van der Waals surface area contributed by atoms with Gasteiger partial charge in [-0.2, -0.15) is 5.10 Å². The van der Waals surface area contributed by atoms with Gasteiger partial charge in [-0.15, -0.1) is 0 Å². The van der Waals surface area contributed by atoms with Crippen LogP contribution in [0.15, 0.2) is 83.8 Å². The lowest BCUT2D eigenvalue weighted by Gasteiger charge is -2.19. The maximum absolute atomic E-state index is 13.2. The zero-order valence-corrected chi connectivity index (χ0v) is 19.3. The Hall–Kier alpha value is -3.12. The fourth-order valence-corrected chi connectivity index (χ4v) is 4.86. The molecule has 1 aliphatic rings. The summed E-state index contributed by atoms with van der Waals surface area (Å²) in [6, 6.07) is 18.7. The van der Waals surface area contributed by atoms with Crippen molar-refractivity contribution in [1.82, 2.24) is 9.78 Å². The van der Waals surface area contributed by atoms with E-state index in [1.165, 1.54) is 0 Å². The van der Waals surface area contributed by atoms with Crippen LogP contribution >= 0.6 is 0 Å². The largest absolute Gasteiger partial charge is 0.263 e. The fraction of sp³-hybridized carbons (Fsp3) is 0.269. The molecule has 0 saturated heterocycles. The number of unbranched alkanes of at least 4 members (excludes halogenated alkanes) is 1. The zero-order valence-electron chi connectivity index (χ0n) is 18.5. The van der Waals surface area contributed by atoms with E-state index >= 15 is 0 Å². The number of rotatable bonds is 8. The van der Waals surface area contributed by atoms with Crippen LogP contribution in [0.5, 0.6) is 0 Å². The first-order valence-corrected chi connectivity index (χ1v) is 12.6. The van der Waals surface area contributed by atoms with Crippen molar-refractivity contribution in [2.75, 3.05) is 4.72 Å². The molecule has 1 heterocycles. The van der Waals surface area contributed by atoms with Gasteiger partial charge in [0, 0.05) is 23.2 Å². The second-order valence-electron chi connectivity index (χ2n) is 8.20. The van der Waals surface area contributed by atoms with E-state index in [1.54, 1.807) is 22.9 Å². The molecule has 1 aliphatic carbocycles. The lowest BCUT2D eigenvalue weighted by atomic mass is 9.99. The molecule has 0 bridgehead atoms. The predicted molar refractivity (Wildman–Crippen MR) is 131 cm³/mol. The Balaban J connectivity index is 1.69. The molecule has 0 fully saturated rings. The van der Waals surface area contributed by atoms with Crippen LogP contribution in [-0.4, -0.2) is 18.2 Å². The van der Waals surface area contributed by atoms with Crippen molar-refractivity contribution in [3.05, 3.63) is 84.5 Å². The second-order valence-corrected chi connectivity index (χ2v) is 9.88. The minimum absolute atomic E-state index is 0.227. The topological polar surface area (TPSA) is 64.0 Å². The summed E-state index contributed by atoms with van der Waals surface area (Å²) in [5, 5.41) is 4.77. The molecule has 1 N–H and O–H groups in total. The molecule has 5 nitrogen and oxygen atoms in total. The molecular formula is C26H29N3O2S. The van der Waals surface area contributed by atoms with Crippen molar-refractivity contribution >= 4 is 21.5 Å². The van der Waals surface area contributed by atoms with Crippen LogP contribution in [-0.2, 0) is 16.4 Å². The van der Waals surface area contributed by atoms with E-state index in [9.17, 15) is 8.42 Å². The van der Waals surface area contributed by atoms with Gasteiger partial charge in [0.05, 0.1) is 10.6 Å². The predicted octanol–water partition coefficient (Wildman–Crippen LogP) is 6.13. The second kappa shape index (κ2) is 9.57. The van der Waals surface area contributed by atoms with Gasteiger partial charge in [0.15, 0.2) is 0 Å². The molecule has 0 radical (unpaired) electrons. The average Bonchev–Trinajstić information content (AvgIpc) is 3.21. The molecule has 32 heavy (non-hydrogen) atoms. The molecule has 0 amide bonds. The number of aryl methyl sites for hydroxylation is 1. The number of nitrogens with one attached hydrogen (secondary N) is 1. The molecule has 166 valence electrons. The molecular weight excluding hydrogens is 418 g/mol. The van der Waals surface area contributed by atoms with Crippen molar-refractivity contribution in [2.24, 2.45) is 5.92 Å². The van der Waals surface area contributed by atoms with E-state index < -0.39 is 10.0 Å². The molecule has 4 rings (SSSR count). The Morgan fingerprint density at radius 2 is 1.84 bits per heavy atom. The number of anilines is 1. The third kappa shape index (κ3) is 4.86. The summed E-state index contributed by atoms with van der Waals surface area (Å²) in [5.41, 5.74) is 3.77. The maximum Gasteiger partial charge on any atom is 0.263 e. The Labute approximate surface area is 190 Å². The van der Waals surface area contributed by atoms with Crippen molar-refractivity contribution in [2.45, 2.75) is 44.4 Å². The Bertz CT molecular complexity index is 1220. The molecule has 1 unspecified atom stereocenters. The van der Waals surface area contributed by atoms with Gasteiger partial charge in [0.25, 0.3) is 10.0 Å². The van der Waals surface area contributed by atoms with Gasteiger partial charge in [0.1, 0.15) is 5.82 Å². The molecule has 6 heteroatoms. The average molecular weight is 448 g/mol. The molecule has 0 spiro atoms. The fourth-order valence-electron chi connectivity index (χ4n) is 3.83. The van der Waals surface area contributed by atoms with Crippen LogP contribution in [0.1, 0.15) is 38.7 Å². The van der Waals surface area contributed by atoms with Gasteiger partial charge in [0.2, 0.25) is 0 Å². The molecule has 1 aromatic heterocycles. The van der Waals surface area contributed by atoms with Crippen molar-refractivity contribution in [3.8, 4) is 11.3 Å². The Morgan fingerprint density at radius 3 is 2.53 bits per heavy atom. The third-order valence-corrected chi connectivity index (χ3v) is 7.08. The lowest BCUT2D eigenvalue weighted by molar-refractivity contribution is 0.600. The van der Waals surface area contributed by atoms with Crippen molar-refractivity contribution in [3.63, 3.8) is 0 Å². The zero-order chi connectivity index (χ0) is 22.6. The first kappa shape index (κ1) is 22.1. The number of benzene rings is 2. The Kier molecular flexibility index (Phi) is 6.61. The standard InChI is InChI=1S/C26H29N3O2S/c1-3-4-11-21-15-17-23(18-16-21)32(30,31)28-26-19-24(22-12-6-5-7-13-22)27-29(26)25-14-9-8-10-20(25)2/h5-9,12-20,28H,3-4,10-11H2,1-2H3. The van der Waals surface area contributed by atoms with Crippen LogP contribution in [0.2, 0.25) is 0 Å². The first-order chi connectivity index (χ1) is 15.5. The first-order valence-electron chi connectivity index (χ1n) is 11.1. The number of hydrogen-bond donors (Lipinski definition) is 1. The SMILES string of the molecule is CCCCc1ccc(S(=O)(=O)Nc2cc(-c3ccccc3)nn2C2=CC=CCC2C)cc1. The summed E-state index contributed by atoms with van der Waals surface area (Å²) in [5.74, 6) is 0.664. The van der Waals surface area contributed by atoms with Crippen molar-refractivity contribution in [1.29, 1.82) is 0 Å². The summed E-state index contributed by atoms with van der Waals surface area (Å²) < 4.78 is 30.9. The molecule has 1 atom stereocenters. The van der Waals surface area contributed by atoms with Crippen molar-refractivity contribution < 1.29 is 8.42 Å². The van der Waals surface area contributed by atoms with Crippen LogP contribution in [0.3, 0.4) is 0 Å². The van der Waals surface area contributed by atoms with E-state index in [0.717, 1.165) is 48.2 Å². The van der Waals surface area contributed by atoms with Crippen LogP contribution < -0.4 is 4.72 Å². The van der Waals surface area contributed by atoms with Crippen LogP contribution in [0.4, 0.5) is 5.82 Å². The summed E-state index contributed by atoms with van der Waals surface area (Å²) in [4.78, 5) is 0.248. The highest BCUT2D eigenvalue weighted by molar-refractivity contribution is 7.92. The molecule has 3 aromatic rings. The highest BCUT2D eigenvalue weighted by atomic mass is 32.2. The van der Waals surface area contributed by atoms with E-state index in [1.807, 2.05) is 54.6 Å². The van der Waals surface area contributed by atoms with Gasteiger partial charge in [-0.05, 0) is 43.0 Å². The summed E-state index contributed by atoms with van der Waals surface area (Å²) in [6.45, 7) is 4.26. The summed E-state index contributed by atoms with van der Waals surface area (Å²) >= 11 is 0. The number of hydrogen-bond acceptors (Lipinski definition) is 3. The third-order valence-electron chi connectivity index (χ3n) is 5.71. The summed E-state index contributed by atoms with van der Waals surface area (Å²) in [6.07, 6.45) is 10.1. The normalized spacial score (nSPS) is 16.1. The van der Waals surface area contributed by atoms with E-state index in [2.05, 4.69) is 24.6 Å². The van der Waals surface area contributed by atoms with E-state index in [4.69, 9.17) is 5.10 Å². The lowest BCUT2D eigenvalue weighted by Crippen LogP contribution is -2.18. The quantitative estimate of drug-likeness (QED) is 0.452.